The number of amides is 2. The Bertz CT molecular complexity index is 637. The van der Waals surface area contributed by atoms with Gasteiger partial charge in [-0.3, -0.25) is 9.59 Å². The van der Waals surface area contributed by atoms with Crippen LogP contribution in [-0.2, 0) is 4.79 Å². The fourth-order valence-electron chi connectivity index (χ4n) is 1.69. The molecule has 0 radical (unpaired) electrons. The number of aromatic nitrogens is 2. The molecule has 0 aliphatic rings. The average molecular weight is 290 g/mol. The molecule has 1 aromatic carbocycles. The molecule has 2 aromatic rings. The number of rotatable bonds is 5. The van der Waals surface area contributed by atoms with Gasteiger partial charge in [0.15, 0.2) is 5.69 Å². The van der Waals surface area contributed by atoms with Crippen molar-refractivity contribution in [3.63, 3.8) is 0 Å². The van der Waals surface area contributed by atoms with Crippen LogP contribution in [0.1, 0.15) is 17.4 Å². The summed E-state index contributed by atoms with van der Waals surface area (Å²) < 4.78 is 14.3. The predicted molar refractivity (Wildman–Crippen MR) is 74.5 cm³/mol. The molecule has 2 N–H and O–H groups in total. The van der Waals surface area contributed by atoms with Crippen molar-refractivity contribution in [2.75, 3.05) is 13.1 Å². The van der Waals surface area contributed by atoms with Crippen molar-refractivity contribution in [3.8, 4) is 5.69 Å². The molecule has 2 amide bonds. The van der Waals surface area contributed by atoms with Crippen molar-refractivity contribution < 1.29 is 14.0 Å². The summed E-state index contributed by atoms with van der Waals surface area (Å²) in [6.07, 6.45) is 1.62. The third kappa shape index (κ3) is 4.13. The van der Waals surface area contributed by atoms with Crippen LogP contribution >= 0.6 is 0 Å². The predicted octanol–water partition coefficient (Wildman–Crippen LogP) is 0.877. The lowest BCUT2D eigenvalue weighted by molar-refractivity contribution is -0.118. The van der Waals surface area contributed by atoms with Crippen LogP contribution in [0, 0.1) is 5.82 Å². The van der Waals surface area contributed by atoms with Crippen LogP contribution in [0.4, 0.5) is 4.39 Å². The first-order valence-electron chi connectivity index (χ1n) is 6.40. The summed E-state index contributed by atoms with van der Waals surface area (Å²) in [5.41, 5.74) is 0.913. The minimum atomic E-state index is -0.332. The molecule has 0 spiro atoms. The highest BCUT2D eigenvalue weighted by Gasteiger charge is 2.09. The van der Waals surface area contributed by atoms with Crippen molar-refractivity contribution in [2.24, 2.45) is 0 Å². The first kappa shape index (κ1) is 14.7. The summed E-state index contributed by atoms with van der Waals surface area (Å²) in [7, 11) is 0. The van der Waals surface area contributed by atoms with Crippen LogP contribution in [-0.4, -0.2) is 34.7 Å². The van der Waals surface area contributed by atoms with E-state index in [4.69, 9.17) is 0 Å². The number of carbonyl (C=O) groups excluding carboxylic acids is 2. The minimum absolute atomic E-state index is 0.148. The fourth-order valence-corrected chi connectivity index (χ4v) is 1.69. The van der Waals surface area contributed by atoms with Gasteiger partial charge in [0.2, 0.25) is 5.91 Å². The summed E-state index contributed by atoms with van der Waals surface area (Å²) in [6.45, 7) is 2.09. The average Bonchev–Trinajstić information content (AvgIpc) is 2.94. The van der Waals surface area contributed by atoms with Crippen molar-refractivity contribution in [3.05, 3.63) is 48.0 Å². The largest absolute Gasteiger partial charge is 0.355 e. The number of halogens is 1. The topological polar surface area (TPSA) is 76.0 Å². The first-order chi connectivity index (χ1) is 10.1. The molecule has 0 saturated heterocycles. The van der Waals surface area contributed by atoms with Crippen LogP contribution < -0.4 is 10.6 Å². The van der Waals surface area contributed by atoms with Crippen molar-refractivity contribution in [2.45, 2.75) is 6.92 Å². The monoisotopic (exact) mass is 290 g/mol. The molecular formula is C14H15FN4O2. The summed E-state index contributed by atoms with van der Waals surface area (Å²) in [4.78, 5) is 22.5. The van der Waals surface area contributed by atoms with Gasteiger partial charge in [-0.15, -0.1) is 0 Å². The van der Waals surface area contributed by atoms with Crippen LogP contribution in [0.2, 0.25) is 0 Å². The molecule has 1 heterocycles. The molecule has 0 bridgehead atoms. The lowest BCUT2D eigenvalue weighted by Crippen LogP contribution is -2.33. The van der Waals surface area contributed by atoms with E-state index in [1.54, 1.807) is 24.4 Å². The van der Waals surface area contributed by atoms with E-state index in [0.717, 1.165) is 0 Å². The smallest absolute Gasteiger partial charge is 0.271 e. The third-order valence-electron chi connectivity index (χ3n) is 2.70. The Kier molecular flexibility index (Phi) is 4.65. The van der Waals surface area contributed by atoms with E-state index in [1.165, 1.54) is 23.7 Å². The Morgan fingerprint density at radius 3 is 2.48 bits per heavy atom. The van der Waals surface area contributed by atoms with Crippen molar-refractivity contribution >= 4 is 11.8 Å². The van der Waals surface area contributed by atoms with E-state index >= 15 is 0 Å². The fraction of sp³-hybridized carbons (Fsp3) is 0.214. The van der Waals surface area contributed by atoms with Gasteiger partial charge in [-0.05, 0) is 30.3 Å². The molecule has 6 nitrogen and oxygen atoms in total. The van der Waals surface area contributed by atoms with E-state index < -0.39 is 0 Å². The third-order valence-corrected chi connectivity index (χ3v) is 2.70. The minimum Gasteiger partial charge on any atom is -0.355 e. The normalized spacial score (nSPS) is 10.2. The molecule has 0 atom stereocenters. The highest BCUT2D eigenvalue weighted by molar-refractivity contribution is 5.92. The molecule has 7 heteroatoms. The molecule has 0 aliphatic carbocycles. The van der Waals surface area contributed by atoms with Crippen molar-refractivity contribution in [1.29, 1.82) is 0 Å². The molecule has 0 saturated carbocycles. The highest BCUT2D eigenvalue weighted by Crippen LogP contribution is 2.08. The van der Waals surface area contributed by atoms with Gasteiger partial charge in [-0.2, -0.15) is 5.10 Å². The quantitative estimate of drug-likeness (QED) is 0.803. The number of nitrogens with one attached hydrogen (secondary N) is 2. The maximum absolute atomic E-state index is 12.8. The SMILES string of the molecule is CC(=O)NCCNC(=O)c1ccn(-c2ccc(F)cc2)n1. The Hall–Kier alpha value is -2.70. The van der Waals surface area contributed by atoms with Gasteiger partial charge in [0, 0.05) is 26.2 Å². The summed E-state index contributed by atoms with van der Waals surface area (Å²) in [5, 5.41) is 9.33. The van der Waals surface area contributed by atoms with Crippen molar-refractivity contribution in [1.82, 2.24) is 20.4 Å². The zero-order valence-electron chi connectivity index (χ0n) is 11.5. The Labute approximate surface area is 121 Å². The summed E-state index contributed by atoms with van der Waals surface area (Å²) >= 11 is 0. The molecule has 2 rings (SSSR count). The summed E-state index contributed by atoms with van der Waals surface area (Å²) in [5.74, 6) is -0.812. The van der Waals surface area contributed by atoms with Gasteiger partial charge in [0.25, 0.3) is 5.91 Å². The van der Waals surface area contributed by atoms with E-state index in [0.29, 0.717) is 18.8 Å². The molecule has 0 fully saturated rings. The number of nitrogens with zero attached hydrogens (tertiary/aromatic N) is 2. The zero-order valence-corrected chi connectivity index (χ0v) is 11.5. The molecule has 1 aromatic heterocycles. The van der Waals surface area contributed by atoms with E-state index in [-0.39, 0.29) is 23.3 Å². The Balaban J connectivity index is 1.94. The Morgan fingerprint density at radius 1 is 1.14 bits per heavy atom. The van der Waals surface area contributed by atoms with Gasteiger partial charge in [-0.1, -0.05) is 0 Å². The maximum Gasteiger partial charge on any atom is 0.271 e. The van der Waals surface area contributed by atoms with Crippen LogP contribution in [0.5, 0.6) is 0 Å². The second kappa shape index (κ2) is 6.65. The maximum atomic E-state index is 12.8. The molecule has 0 unspecified atom stereocenters. The van der Waals surface area contributed by atoms with Crippen LogP contribution in [0.25, 0.3) is 5.69 Å². The van der Waals surface area contributed by atoms with Crippen LogP contribution in [0.15, 0.2) is 36.5 Å². The standard InChI is InChI=1S/C14H15FN4O2/c1-10(20)16-7-8-17-14(21)13-6-9-19(18-13)12-4-2-11(15)3-5-12/h2-6,9H,7-8H2,1H3,(H,16,20)(H,17,21). The number of benzene rings is 1. The van der Waals surface area contributed by atoms with Gasteiger partial charge >= 0.3 is 0 Å². The molecular weight excluding hydrogens is 275 g/mol. The first-order valence-corrected chi connectivity index (χ1v) is 6.40. The molecule has 110 valence electrons. The van der Waals surface area contributed by atoms with Gasteiger partial charge < -0.3 is 10.6 Å². The lowest BCUT2D eigenvalue weighted by Gasteiger charge is -2.04. The van der Waals surface area contributed by atoms with Gasteiger partial charge in [0.05, 0.1) is 5.69 Å². The highest BCUT2D eigenvalue weighted by atomic mass is 19.1. The Morgan fingerprint density at radius 2 is 1.81 bits per heavy atom. The molecule has 21 heavy (non-hydrogen) atoms. The number of hydrogen-bond acceptors (Lipinski definition) is 3. The second-order valence-electron chi connectivity index (χ2n) is 4.36. The number of hydrogen-bond donors (Lipinski definition) is 2. The molecule has 0 aliphatic heterocycles. The van der Waals surface area contributed by atoms with Crippen LogP contribution in [0.3, 0.4) is 0 Å². The summed E-state index contributed by atoms with van der Waals surface area (Å²) in [6, 6.07) is 7.35. The van der Waals surface area contributed by atoms with Gasteiger partial charge in [0.1, 0.15) is 5.82 Å². The number of carbonyl (C=O) groups is 2. The van der Waals surface area contributed by atoms with E-state index in [9.17, 15) is 14.0 Å². The second-order valence-corrected chi connectivity index (χ2v) is 4.36. The van der Waals surface area contributed by atoms with Gasteiger partial charge in [-0.25, -0.2) is 9.07 Å². The zero-order chi connectivity index (χ0) is 15.2. The lowest BCUT2D eigenvalue weighted by atomic mass is 10.3. The van der Waals surface area contributed by atoms with E-state index in [2.05, 4.69) is 15.7 Å². The van der Waals surface area contributed by atoms with E-state index in [1.807, 2.05) is 0 Å².